The van der Waals surface area contributed by atoms with E-state index in [1.54, 1.807) is 0 Å². The van der Waals surface area contributed by atoms with E-state index in [-0.39, 0.29) is 0 Å². The van der Waals surface area contributed by atoms with Crippen LogP contribution in [-0.2, 0) is 6.54 Å². The molecule has 1 heterocycles. The predicted molar refractivity (Wildman–Crippen MR) is 47.1 cm³/mol. The van der Waals surface area contributed by atoms with Gasteiger partial charge in [-0.25, -0.2) is 0 Å². The molecule has 11 heavy (non-hydrogen) atoms. The minimum absolute atomic E-state index is 0.966. The first-order chi connectivity index (χ1) is 5.38. The lowest BCUT2D eigenvalue weighted by molar-refractivity contribution is 0.856. The van der Waals surface area contributed by atoms with Crippen molar-refractivity contribution in [1.82, 2.24) is 5.32 Å². The molecule has 1 nitrogen and oxygen atoms in total. The fraction of sp³-hybridized carbons (Fsp3) is 0.200. The Balaban J connectivity index is 2.60. The molecule has 0 amide bonds. The maximum Gasteiger partial charge on any atom is 0.0401 e. The quantitative estimate of drug-likeness (QED) is 0.589. The van der Waals surface area contributed by atoms with Gasteiger partial charge >= 0.3 is 0 Å². The lowest BCUT2D eigenvalue weighted by atomic mass is 10.0. The Morgan fingerprint density at radius 2 is 2.27 bits per heavy atom. The monoisotopic (exact) mass is 145 g/mol. The summed E-state index contributed by atoms with van der Waals surface area (Å²) in [5.74, 6) is 0. The van der Waals surface area contributed by atoms with E-state index < -0.39 is 0 Å². The highest BCUT2D eigenvalue weighted by atomic mass is 14.8. The molecule has 0 radical (unpaired) electrons. The van der Waals surface area contributed by atoms with Crippen LogP contribution in [0, 0.1) is 6.92 Å². The molecule has 1 aromatic rings. The molecule has 56 valence electrons. The third kappa shape index (κ3) is 1.03. The average molecular weight is 145 g/mol. The molecule has 1 aliphatic heterocycles. The van der Waals surface area contributed by atoms with Gasteiger partial charge in [-0.3, -0.25) is 0 Å². The van der Waals surface area contributed by atoms with Crippen molar-refractivity contribution in [2.75, 3.05) is 0 Å². The van der Waals surface area contributed by atoms with E-state index in [9.17, 15) is 0 Å². The minimum atomic E-state index is 0.966. The summed E-state index contributed by atoms with van der Waals surface area (Å²) in [5, 5.41) is 3.19. The molecule has 2 rings (SSSR count). The molecular weight excluding hydrogens is 134 g/mol. The smallest absolute Gasteiger partial charge is 0.0401 e. The zero-order valence-corrected chi connectivity index (χ0v) is 6.59. The van der Waals surface area contributed by atoms with Crippen LogP contribution < -0.4 is 5.32 Å². The van der Waals surface area contributed by atoms with Crippen LogP contribution in [0.1, 0.15) is 16.7 Å². The Labute approximate surface area is 66.7 Å². The van der Waals surface area contributed by atoms with E-state index in [1.165, 1.54) is 16.7 Å². The molecule has 0 spiro atoms. The summed E-state index contributed by atoms with van der Waals surface area (Å²) in [6.45, 7) is 3.11. The van der Waals surface area contributed by atoms with Crippen molar-refractivity contribution in [3.05, 3.63) is 41.1 Å². The molecule has 1 aliphatic rings. The van der Waals surface area contributed by atoms with Crippen molar-refractivity contribution in [3.8, 4) is 0 Å². The number of benzene rings is 1. The molecule has 0 unspecified atom stereocenters. The van der Waals surface area contributed by atoms with Crippen molar-refractivity contribution >= 4 is 6.08 Å². The van der Waals surface area contributed by atoms with E-state index in [4.69, 9.17) is 0 Å². The maximum absolute atomic E-state index is 3.19. The summed E-state index contributed by atoms with van der Waals surface area (Å²) in [4.78, 5) is 0. The zero-order chi connectivity index (χ0) is 7.68. The topological polar surface area (TPSA) is 12.0 Å². The van der Waals surface area contributed by atoms with Crippen LogP contribution in [0.3, 0.4) is 0 Å². The van der Waals surface area contributed by atoms with Crippen LogP contribution in [0.25, 0.3) is 6.08 Å². The van der Waals surface area contributed by atoms with Crippen molar-refractivity contribution in [2.45, 2.75) is 13.5 Å². The zero-order valence-electron chi connectivity index (χ0n) is 6.59. The maximum atomic E-state index is 3.19. The van der Waals surface area contributed by atoms with Crippen LogP contribution in [0.4, 0.5) is 0 Å². The summed E-state index contributed by atoms with van der Waals surface area (Å²) >= 11 is 0. The lowest BCUT2D eigenvalue weighted by Gasteiger charge is -2.13. The molecule has 0 saturated carbocycles. The van der Waals surface area contributed by atoms with Crippen LogP contribution in [0.5, 0.6) is 0 Å². The third-order valence-corrected chi connectivity index (χ3v) is 2.07. The Bertz CT molecular complexity index is 300. The first kappa shape index (κ1) is 6.47. The van der Waals surface area contributed by atoms with Crippen LogP contribution >= 0.6 is 0 Å². The number of fused-ring (bicyclic) bond motifs is 1. The van der Waals surface area contributed by atoms with Crippen molar-refractivity contribution in [1.29, 1.82) is 0 Å². The van der Waals surface area contributed by atoms with Gasteiger partial charge in [0, 0.05) is 6.54 Å². The second kappa shape index (κ2) is 2.42. The van der Waals surface area contributed by atoms with Gasteiger partial charge in [-0.15, -0.1) is 0 Å². The van der Waals surface area contributed by atoms with Gasteiger partial charge in [0.1, 0.15) is 0 Å². The molecule has 0 bridgehead atoms. The molecule has 1 aromatic carbocycles. The van der Waals surface area contributed by atoms with Crippen molar-refractivity contribution < 1.29 is 0 Å². The molecule has 1 N–H and O–H groups in total. The molecule has 0 aromatic heterocycles. The van der Waals surface area contributed by atoms with Gasteiger partial charge in [-0.05, 0) is 35.9 Å². The SMILES string of the molecule is Cc1cccc2c1C=CNC2. The Morgan fingerprint density at radius 3 is 3.09 bits per heavy atom. The standard InChI is InChI=1S/C10H11N/c1-8-3-2-4-9-7-11-6-5-10(8)9/h2-6,11H,7H2,1H3. The molecule has 0 atom stereocenters. The Morgan fingerprint density at radius 1 is 1.36 bits per heavy atom. The van der Waals surface area contributed by atoms with Crippen LogP contribution in [-0.4, -0.2) is 0 Å². The van der Waals surface area contributed by atoms with Gasteiger partial charge in [0.15, 0.2) is 0 Å². The van der Waals surface area contributed by atoms with E-state index >= 15 is 0 Å². The summed E-state index contributed by atoms with van der Waals surface area (Å²) < 4.78 is 0. The highest BCUT2D eigenvalue weighted by Gasteiger charge is 2.03. The van der Waals surface area contributed by atoms with Gasteiger partial charge < -0.3 is 5.32 Å². The molecule has 0 aliphatic carbocycles. The largest absolute Gasteiger partial charge is 0.387 e. The summed E-state index contributed by atoms with van der Waals surface area (Å²) in [7, 11) is 0. The number of hydrogen-bond donors (Lipinski definition) is 1. The number of hydrogen-bond acceptors (Lipinski definition) is 1. The number of rotatable bonds is 0. The van der Waals surface area contributed by atoms with Crippen molar-refractivity contribution in [3.63, 3.8) is 0 Å². The summed E-state index contributed by atoms with van der Waals surface area (Å²) in [6.07, 6.45) is 4.14. The summed E-state index contributed by atoms with van der Waals surface area (Å²) in [5.41, 5.74) is 4.14. The Kier molecular flexibility index (Phi) is 1.42. The van der Waals surface area contributed by atoms with Crippen LogP contribution in [0.2, 0.25) is 0 Å². The predicted octanol–water partition coefficient (Wildman–Crippen LogP) is 2.07. The molecule has 1 heteroatoms. The second-order valence-electron chi connectivity index (χ2n) is 2.86. The van der Waals surface area contributed by atoms with Gasteiger partial charge in [0.05, 0.1) is 0 Å². The number of aryl methyl sites for hydroxylation is 1. The minimum Gasteiger partial charge on any atom is -0.387 e. The molecule has 0 saturated heterocycles. The first-order valence-corrected chi connectivity index (χ1v) is 3.86. The summed E-state index contributed by atoms with van der Waals surface area (Å²) in [6, 6.07) is 6.42. The third-order valence-electron chi connectivity index (χ3n) is 2.07. The van der Waals surface area contributed by atoms with E-state index in [1.807, 2.05) is 6.20 Å². The van der Waals surface area contributed by atoms with Gasteiger partial charge in [0.2, 0.25) is 0 Å². The number of nitrogens with one attached hydrogen (secondary N) is 1. The average Bonchev–Trinajstić information content (AvgIpc) is 2.06. The van der Waals surface area contributed by atoms with E-state index in [2.05, 4.69) is 36.5 Å². The molecular formula is C10H11N. The highest BCUT2D eigenvalue weighted by Crippen LogP contribution is 2.17. The van der Waals surface area contributed by atoms with Crippen molar-refractivity contribution in [2.24, 2.45) is 0 Å². The van der Waals surface area contributed by atoms with Crippen LogP contribution in [0.15, 0.2) is 24.4 Å². The van der Waals surface area contributed by atoms with E-state index in [0.29, 0.717) is 0 Å². The second-order valence-corrected chi connectivity index (χ2v) is 2.86. The van der Waals surface area contributed by atoms with Gasteiger partial charge in [-0.2, -0.15) is 0 Å². The normalized spacial score (nSPS) is 13.9. The van der Waals surface area contributed by atoms with Gasteiger partial charge in [0.25, 0.3) is 0 Å². The first-order valence-electron chi connectivity index (χ1n) is 3.86. The highest BCUT2D eigenvalue weighted by molar-refractivity contribution is 5.59. The van der Waals surface area contributed by atoms with Gasteiger partial charge in [-0.1, -0.05) is 18.2 Å². The lowest BCUT2D eigenvalue weighted by Crippen LogP contribution is -2.10. The fourth-order valence-corrected chi connectivity index (χ4v) is 1.45. The van der Waals surface area contributed by atoms with E-state index in [0.717, 1.165) is 6.54 Å². The fourth-order valence-electron chi connectivity index (χ4n) is 1.45. The Hall–Kier alpha value is -1.24. The molecule has 0 fully saturated rings.